The average molecular weight is 348 g/mol. The molecule has 138 valence electrons. The van der Waals surface area contributed by atoms with Crippen molar-refractivity contribution in [2.75, 3.05) is 6.61 Å². The number of epoxide rings is 1. The van der Waals surface area contributed by atoms with E-state index in [1.54, 1.807) is 0 Å². The molecule has 5 heteroatoms. The van der Waals surface area contributed by atoms with E-state index in [1.807, 2.05) is 13.8 Å². The maximum Gasteiger partial charge on any atom is 0.334 e. The van der Waals surface area contributed by atoms with Gasteiger partial charge in [0.25, 0.3) is 0 Å². The monoisotopic (exact) mass is 348 g/mol. The molecule has 0 aromatic heterocycles. The number of carbonyl (C=O) groups excluding carboxylic acids is 2. The first kappa shape index (κ1) is 18.2. The van der Waals surface area contributed by atoms with Gasteiger partial charge in [0, 0.05) is 24.3 Å². The van der Waals surface area contributed by atoms with Crippen molar-refractivity contribution in [3.63, 3.8) is 0 Å². The van der Waals surface area contributed by atoms with E-state index in [0.717, 1.165) is 19.3 Å². The molecule has 0 saturated carbocycles. The number of hydrogen-bond acceptors (Lipinski definition) is 5. The minimum Gasteiger partial charge on any atom is -0.462 e. The molecule has 0 amide bonds. The van der Waals surface area contributed by atoms with Crippen molar-refractivity contribution in [2.24, 2.45) is 11.8 Å². The molecular formula is C20H28O5. The van der Waals surface area contributed by atoms with Crippen molar-refractivity contribution in [3.8, 4) is 0 Å². The highest BCUT2D eigenvalue weighted by Crippen LogP contribution is 2.48. The molecule has 3 aliphatic rings. The Morgan fingerprint density at radius 2 is 2.24 bits per heavy atom. The Morgan fingerprint density at radius 3 is 2.96 bits per heavy atom. The Hall–Kier alpha value is -1.62. The van der Waals surface area contributed by atoms with E-state index in [4.69, 9.17) is 14.2 Å². The van der Waals surface area contributed by atoms with Crippen LogP contribution in [-0.2, 0) is 23.8 Å². The quantitative estimate of drug-likeness (QED) is 0.337. The second-order valence-electron chi connectivity index (χ2n) is 8.03. The van der Waals surface area contributed by atoms with Gasteiger partial charge >= 0.3 is 11.9 Å². The van der Waals surface area contributed by atoms with Gasteiger partial charge < -0.3 is 14.2 Å². The van der Waals surface area contributed by atoms with Crippen LogP contribution in [0, 0.1) is 11.8 Å². The number of hydrogen-bond donors (Lipinski definition) is 0. The second kappa shape index (κ2) is 6.94. The fourth-order valence-corrected chi connectivity index (χ4v) is 3.87. The van der Waals surface area contributed by atoms with Crippen molar-refractivity contribution in [1.82, 2.24) is 0 Å². The lowest BCUT2D eigenvalue weighted by atomic mass is 9.84. The zero-order valence-electron chi connectivity index (χ0n) is 15.4. The summed E-state index contributed by atoms with van der Waals surface area (Å²) in [6.07, 6.45) is 5.57. The lowest BCUT2D eigenvalue weighted by Crippen LogP contribution is -2.28. The van der Waals surface area contributed by atoms with Crippen LogP contribution < -0.4 is 0 Å². The average Bonchev–Trinajstić information content (AvgIpc) is 3.14. The van der Waals surface area contributed by atoms with Gasteiger partial charge in [-0.2, -0.15) is 0 Å². The van der Waals surface area contributed by atoms with Crippen LogP contribution in [0.25, 0.3) is 0 Å². The van der Waals surface area contributed by atoms with Crippen LogP contribution >= 0.6 is 0 Å². The fourth-order valence-electron chi connectivity index (χ4n) is 3.87. The van der Waals surface area contributed by atoms with Gasteiger partial charge in [-0.3, -0.25) is 4.79 Å². The maximum atomic E-state index is 11.9. The third kappa shape index (κ3) is 3.97. The third-order valence-corrected chi connectivity index (χ3v) is 5.43. The van der Waals surface area contributed by atoms with Gasteiger partial charge in [0.05, 0.1) is 6.10 Å². The van der Waals surface area contributed by atoms with Crippen LogP contribution in [0.15, 0.2) is 23.8 Å². The molecule has 2 saturated heterocycles. The normalized spacial score (nSPS) is 34.7. The molecule has 0 radical (unpaired) electrons. The van der Waals surface area contributed by atoms with Crippen LogP contribution in [0.2, 0.25) is 0 Å². The van der Waals surface area contributed by atoms with E-state index in [1.165, 1.54) is 5.57 Å². The minimum absolute atomic E-state index is 0.00935. The SMILES string of the molecule is C=C1C(=O)OC2CC(C)=CCCC3(COC(=O)CC(C)C)OC3CC12. The highest BCUT2D eigenvalue weighted by atomic mass is 16.6. The van der Waals surface area contributed by atoms with Crippen LogP contribution in [-0.4, -0.2) is 36.4 Å². The summed E-state index contributed by atoms with van der Waals surface area (Å²) >= 11 is 0. The van der Waals surface area contributed by atoms with Gasteiger partial charge in [-0.1, -0.05) is 32.1 Å². The largest absolute Gasteiger partial charge is 0.462 e. The summed E-state index contributed by atoms with van der Waals surface area (Å²) in [5.41, 5.74) is 1.33. The minimum atomic E-state index is -0.419. The van der Waals surface area contributed by atoms with Gasteiger partial charge in [0.15, 0.2) is 0 Å². The highest BCUT2D eigenvalue weighted by molar-refractivity contribution is 5.90. The topological polar surface area (TPSA) is 65.1 Å². The predicted molar refractivity (Wildman–Crippen MR) is 92.8 cm³/mol. The van der Waals surface area contributed by atoms with Gasteiger partial charge in [0.1, 0.15) is 18.3 Å². The Bertz CT molecular complexity index is 605. The standard InChI is InChI=1S/C20H28O5/c1-12(2)8-18(21)23-11-20-7-5-6-13(3)9-16-15(10-17(20)25-20)14(4)19(22)24-16/h6,12,15-17H,4-5,7-11H2,1-3H3. The zero-order chi connectivity index (χ0) is 18.2. The first-order valence-corrected chi connectivity index (χ1v) is 9.19. The maximum absolute atomic E-state index is 11.9. The molecule has 4 unspecified atom stereocenters. The first-order chi connectivity index (χ1) is 11.8. The highest BCUT2D eigenvalue weighted by Gasteiger charge is 2.59. The molecular weight excluding hydrogens is 320 g/mol. The molecule has 2 aliphatic heterocycles. The second-order valence-corrected chi connectivity index (χ2v) is 8.03. The van der Waals surface area contributed by atoms with E-state index in [0.29, 0.717) is 18.4 Å². The van der Waals surface area contributed by atoms with Gasteiger partial charge in [-0.15, -0.1) is 0 Å². The lowest BCUT2D eigenvalue weighted by molar-refractivity contribution is -0.146. The summed E-state index contributed by atoms with van der Waals surface area (Å²) in [6.45, 7) is 10.3. The van der Waals surface area contributed by atoms with E-state index < -0.39 is 5.60 Å². The summed E-state index contributed by atoms with van der Waals surface area (Å²) in [7, 11) is 0. The van der Waals surface area contributed by atoms with Gasteiger partial charge in [0.2, 0.25) is 0 Å². The molecule has 5 nitrogen and oxygen atoms in total. The smallest absolute Gasteiger partial charge is 0.334 e. The molecule has 25 heavy (non-hydrogen) atoms. The Labute approximate surface area is 149 Å². The van der Waals surface area contributed by atoms with Crippen molar-refractivity contribution in [3.05, 3.63) is 23.8 Å². The summed E-state index contributed by atoms with van der Waals surface area (Å²) in [5, 5.41) is 0. The number of esters is 2. The fraction of sp³-hybridized carbons (Fsp3) is 0.700. The van der Waals surface area contributed by atoms with Crippen LogP contribution in [0.3, 0.4) is 0 Å². The zero-order valence-corrected chi connectivity index (χ0v) is 15.4. The van der Waals surface area contributed by atoms with Crippen molar-refractivity contribution < 1.29 is 23.8 Å². The number of carbonyl (C=O) groups is 2. The molecule has 4 atom stereocenters. The van der Waals surface area contributed by atoms with E-state index >= 15 is 0 Å². The Morgan fingerprint density at radius 1 is 1.48 bits per heavy atom. The molecule has 0 N–H and O–H groups in total. The predicted octanol–water partition coefficient (Wildman–Crippen LogP) is 3.33. The van der Waals surface area contributed by atoms with E-state index in [9.17, 15) is 9.59 Å². The summed E-state index contributed by atoms with van der Waals surface area (Å²) in [6, 6.07) is 0. The number of ether oxygens (including phenoxy) is 3. The van der Waals surface area contributed by atoms with Crippen LogP contribution in [0.5, 0.6) is 0 Å². The first-order valence-electron chi connectivity index (χ1n) is 9.19. The molecule has 2 heterocycles. The third-order valence-electron chi connectivity index (χ3n) is 5.43. The Kier molecular flexibility index (Phi) is 5.05. The lowest BCUT2D eigenvalue weighted by Gasteiger charge is -2.20. The van der Waals surface area contributed by atoms with Gasteiger partial charge in [-0.25, -0.2) is 4.79 Å². The number of fused-ring (bicyclic) bond motifs is 2. The molecule has 0 aromatic rings. The summed E-state index contributed by atoms with van der Waals surface area (Å²) in [4.78, 5) is 23.8. The van der Waals surface area contributed by atoms with Crippen molar-refractivity contribution >= 4 is 11.9 Å². The molecule has 0 bridgehead atoms. The number of allylic oxidation sites excluding steroid dienone is 1. The van der Waals surface area contributed by atoms with Crippen molar-refractivity contribution in [2.45, 2.75) is 70.7 Å². The molecule has 0 spiro atoms. The van der Waals surface area contributed by atoms with Crippen LogP contribution in [0.4, 0.5) is 0 Å². The van der Waals surface area contributed by atoms with Crippen LogP contribution in [0.1, 0.15) is 52.9 Å². The molecule has 2 fully saturated rings. The van der Waals surface area contributed by atoms with E-state index in [-0.39, 0.29) is 42.6 Å². The molecule has 1 aliphatic carbocycles. The van der Waals surface area contributed by atoms with Crippen molar-refractivity contribution in [1.29, 1.82) is 0 Å². The molecule has 3 rings (SSSR count). The van der Waals surface area contributed by atoms with E-state index in [2.05, 4.69) is 19.6 Å². The number of rotatable bonds is 4. The molecule has 0 aromatic carbocycles. The summed E-state index contributed by atoms with van der Waals surface area (Å²) in [5.74, 6) is -0.214. The van der Waals surface area contributed by atoms with Gasteiger partial charge in [-0.05, 0) is 32.1 Å². The summed E-state index contributed by atoms with van der Waals surface area (Å²) < 4.78 is 17.0. The Balaban J connectivity index is 1.69.